The van der Waals surface area contributed by atoms with Crippen LogP contribution in [0.3, 0.4) is 0 Å². The standard InChI is InChI=1S/C12H20O4/c13-4-2-1-3-5-16-9-11-6-12(7-11,8-11)10(14)15/h13H,1-9H2,(H,14,15). The Kier molecular flexibility index (Phi) is 3.22. The number of aliphatic hydroxyl groups is 1. The SMILES string of the molecule is O=C(O)C12CC(COCCCCCO)(C1)C2. The summed E-state index contributed by atoms with van der Waals surface area (Å²) in [6.45, 7) is 1.72. The Bertz CT molecular complexity index is 254. The molecule has 0 amide bonds. The second-order valence-corrected chi connectivity index (χ2v) is 5.45. The minimum Gasteiger partial charge on any atom is -0.481 e. The summed E-state index contributed by atoms with van der Waals surface area (Å²) >= 11 is 0. The van der Waals surface area contributed by atoms with E-state index in [4.69, 9.17) is 14.9 Å². The molecule has 0 saturated heterocycles. The van der Waals surface area contributed by atoms with Gasteiger partial charge in [0.2, 0.25) is 0 Å². The van der Waals surface area contributed by atoms with E-state index in [1.165, 1.54) is 0 Å². The van der Waals surface area contributed by atoms with E-state index in [1.807, 2.05) is 0 Å². The molecule has 3 saturated carbocycles. The highest BCUT2D eigenvalue weighted by Gasteiger charge is 2.71. The minimum absolute atomic E-state index is 0.204. The van der Waals surface area contributed by atoms with Crippen LogP contribution in [0.1, 0.15) is 38.5 Å². The number of carboxylic acid groups (broad SMARTS) is 1. The van der Waals surface area contributed by atoms with Crippen LogP contribution in [0.5, 0.6) is 0 Å². The van der Waals surface area contributed by atoms with Crippen molar-refractivity contribution in [1.29, 1.82) is 0 Å². The average molecular weight is 228 g/mol. The number of hydrogen-bond donors (Lipinski definition) is 2. The Balaban J connectivity index is 1.53. The molecule has 16 heavy (non-hydrogen) atoms. The van der Waals surface area contributed by atoms with E-state index < -0.39 is 5.97 Å². The van der Waals surface area contributed by atoms with Crippen molar-refractivity contribution in [3.05, 3.63) is 0 Å². The van der Waals surface area contributed by atoms with Gasteiger partial charge in [-0.2, -0.15) is 0 Å². The fourth-order valence-corrected chi connectivity index (χ4v) is 3.16. The van der Waals surface area contributed by atoms with Crippen LogP contribution in [-0.2, 0) is 9.53 Å². The fraction of sp³-hybridized carbons (Fsp3) is 0.917. The number of hydrogen-bond acceptors (Lipinski definition) is 3. The first kappa shape index (κ1) is 11.9. The highest BCUT2D eigenvalue weighted by atomic mass is 16.5. The van der Waals surface area contributed by atoms with Gasteiger partial charge in [-0.25, -0.2) is 0 Å². The Morgan fingerprint density at radius 3 is 2.44 bits per heavy atom. The maximum Gasteiger partial charge on any atom is 0.309 e. The number of rotatable bonds is 8. The molecule has 0 atom stereocenters. The van der Waals surface area contributed by atoms with E-state index in [0.29, 0.717) is 0 Å². The number of aliphatic hydroxyl groups excluding tert-OH is 1. The van der Waals surface area contributed by atoms with E-state index in [-0.39, 0.29) is 17.4 Å². The summed E-state index contributed by atoms with van der Waals surface area (Å²) in [6, 6.07) is 0. The molecule has 0 aromatic carbocycles. The number of unbranched alkanes of at least 4 members (excludes halogenated alkanes) is 2. The predicted octanol–water partition coefficient (Wildman–Crippen LogP) is 1.42. The molecule has 0 aromatic heterocycles. The van der Waals surface area contributed by atoms with Gasteiger partial charge >= 0.3 is 5.97 Å². The molecular formula is C12H20O4. The lowest BCUT2D eigenvalue weighted by molar-refractivity contribution is -0.239. The number of carbonyl (C=O) groups is 1. The van der Waals surface area contributed by atoms with Crippen molar-refractivity contribution in [3.63, 3.8) is 0 Å². The van der Waals surface area contributed by atoms with Crippen molar-refractivity contribution in [3.8, 4) is 0 Å². The highest BCUT2D eigenvalue weighted by molar-refractivity contribution is 5.79. The third-order valence-corrected chi connectivity index (χ3v) is 3.95. The lowest BCUT2D eigenvalue weighted by Crippen LogP contribution is -2.67. The third kappa shape index (κ3) is 1.96. The quantitative estimate of drug-likeness (QED) is 0.617. The van der Waals surface area contributed by atoms with E-state index in [2.05, 4.69) is 0 Å². The zero-order valence-corrected chi connectivity index (χ0v) is 9.57. The molecule has 0 heterocycles. The van der Waals surface area contributed by atoms with E-state index in [0.717, 1.165) is 51.7 Å². The minimum atomic E-state index is -0.627. The van der Waals surface area contributed by atoms with E-state index in [1.54, 1.807) is 0 Å². The second kappa shape index (κ2) is 4.34. The summed E-state index contributed by atoms with van der Waals surface area (Å²) < 4.78 is 5.58. The zero-order valence-electron chi connectivity index (χ0n) is 9.57. The van der Waals surface area contributed by atoms with Crippen molar-refractivity contribution >= 4 is 5.97 Å². The van der Waals surface area contributed by atoms with Gasteiger partial charge in [0.1, 0.15) is 0 Å². The molecule has 3 aliphatic rings. The van der Waals surface area contributed by atoms with Gasteiger partial charge in [-0.15, -0.1) is 0 Å². The Hall–Kier alpha value is -0.610. The molecular weight excluding hydrogens is 208 g/mol. The van der Waals surface area contributed by atoms with Crippen LogP contribution in [0.4, 0.5) is 0 Å². The average Bonchev–Trinajstić information content (AvgIpc) is 2.11. The van der Waals surface area contributed by atoms with Gasteiger partial charge in [0.15, 0.2) is 0 Å². The topological polar surface area (TPSA) is 66.8 Å². The maximum atomic E-state index is 10.9. The molecule has 92 valence electrons. The van der Waals surface area contributed by atoms with Crippen molar-refractivity contribution in [1.82, 2.24) is 0 Å². The largest absolute Gasteiger partial charge is 0.481 e. The summed E-state index contributed by atoms with van der Waals surface area (Å²) in [5.74, 6) is -0.627. The van der Waals surface area contributed by atoms with Crippen LogP contribution in [0, 0.1) is 10.8 Å². The molecule has 0 spiro atoms. The zero-order chi connectivity index (χ0) is 11.6. The third-order valence-electron chi connectivity index (χ3n) is 3.95. The lowest BCUT2D eigenvalue weighted by Gasteiger charge is -2.68. The van der Waals surface area contributed by atoms with Gasteiger partial charge in [-0.05, 0) is 43.9 Å². The lowest BCUT2D eigenvalue weighted by atomic mass is 9.35. The van der Waals surface area contributed by atoms with Crippen LogP contribution >= 0.6 is 0 Å². The Morgan fingerprint density at radius 2 is 1.88 bits per heavy atom. The van der Waals surface area contributed by atoms with Crippen LogP contribution in [-0.4, -0.2) is 36.0 Å². The molecule has 2 bridgehead atoms. The van der Waals surface area contributed by atoms with Crippen molar-refractivity contribution < 1.29 is 19.7 Å². The van der Waals surface area contributed by atoms with Crippen LogP contribution in [0.2, 0.25) is 0 Å². The molecule has 0 aromatic rings. The highest BCUT2D eigenvalue weighted by Crippen LogP contribution is 2.73. The fourth-order valence-electron chi connectivity index (χ4n) is 3.16. The molecule has 0 unspecified atom stereocenters. The molecule has 0 radical (unpaired) electrons. The summed E-state index contributed by atoms with van der Waals surface area (Å²) in [6.07, 6.45) is 5.27. The van der Waals surface area contributed by atoms with Crippen LogP contribution in [0.15, 0.2) is 0 Å². The molecule has 3 rings (SSSR count). The molecule has 0 aliphatic heterocycles. The van der Waals surface area contributed by atoms with Gasteiger partial charge in [0.05, 0.1) is 12.0 Å². The smallest absolute Gasteiger partial charge is 0.309 e. The number of ether oxygens (including phenoxy) is 1. The summed E-state index contributed by atoms with van der Waals surface area (Å²) in [5.41, 5.74) is -0.171. The first-order valence-corrected chi connectivity index (χ1v) is 6.05. The van der Waals surface area contributed by atoms with Gasteiger partial charge in [0, 0.05) is 13.2 Å². The molecule has 4 nitrogen and oxygen atoms in total. The van der Waals surface area contributed by atoms with Gasteiger partial charge < -0.3 is 14.9 Å². The van der Waals surface area contributed by atoms with E-state index in [9.17, 15) is 4.79 Å². The molecule has 2 N–H and O–H groups in total. The molecule has 4 heteroatoms. The monoisotopic (exact) mass is 228 g/mol. The number of carboxylic acids is 1. The normalized spacial score (nSPS) is 35.3. The van der Waals surface area contributed by atoms with Gasteiger partial charge in [-0.3, -0.25) is 4.79 Å². The summed E-state index contributed by atoms with van der Waals surface area (Å²) in [5, 5.41) is 17.5. The Labute approximate surface area is 95.6 Å². The van der Waals surface area contributed by atoms with Crippen molar-refractivity contribution in [2.24, 2.45) is 10.8 Å². The van der Waals surface area contributed by atoms with Crippen molar-refractivity contribution in [2.75, 3.05) is 19.8 Å². The second-order valence-electron chi connectivity index (χ2n) is 5.45. The van der Waals surface area contributed by atoms with Crippen LogP contribution in [0.25, 0.3) is 0 Å². The number of aliphatic carboxylic acids is 1. The summed E-state index contributed by atoms with van der Waals surface area (Å²) in [4.78, 5) is 10.9. The molecule has 3 aliphatic carbocycles. The van der Waals surface area contributed by atoms with E-state index >= 15 is 0 Å². The van der Waals surface area contributed by atoms with Gasteiger partial charge in [-0.1, -0.05) is 0 Å². The maximum absolute atomic E-state index is 10.9. The first-order valence-electron chi connectivity index (χ1n) is 6.05. The summed E-state index contributed by atoms with van der Waals surface area (Å²) in [7, 11) is 0. The predicted molar refractivity (Wildman–Crippen MR) is 58.1 cm³/mol. The Morgan fingerprint density at radius 1 is 1.19 bits per heavy atom. The van der Waals surface area contributed by atoms with Crippen LogP contribution < -0.4 is 0 Å². The first-order chi connectivity index (χ1) is 7.63. The van der Waals surface area contributed by atoms with Crippen molar-refractivity contribution in [2.45, 2.75) is 38.5 Å². The van der Waals surface area contributed by atoms with Gasteiger partial charge in [0.25, 0.3) is 0 Å². The molecule has 3 fully saturated rings.